The topological polar surface area (TPSA) is 86.5 Å². The Kier molecular flexibility index (Phi) is 5.51. The summed E-state index contributed by atoms with van der Waals surface area (Å²) in [5, 5.41) is 3.70. The molecule has 28 heavy (non-hydrogen) atoms. The van der Waals surface area contributed by atoms with Gasteiger partial charge in [0.25, 0.3) is 5.91 Å². The maximum Gasteiger partial charge on any atom is 0.252 e. The van der Waals surface area contributed by atoms with Crippen LogP contribution in [0.15, 0.2) is 48.5 Å². The molecule has 0 atom stereocenters. The SMILES string of the molecule is COc1ccc(-c2cc(C(=O)NCC(C)(C)N)c3ccccc3n2)cc1OC. The van der Waals surface area contributed by atoms with Gasteiger partial charge < -0.3 is 20.5 Å². The Balaban J connectivity index is 2.09. The normalized spacial score (nSPS) is 11.3. The van der Waals surface area contributed by atoms with Gasteiger partial charge in [-0.1, -0.05) is 18.2 Å². The quantitative estimate of drug-likeness (QED) is 0.686. The first kappa shape index (κ1) is 19.6. The first-order valence-electron chi connectivity index (χ1n) is 9.01. The Morgan fingerprint density at radius 3 is 2.46 bits per heavy atom. The van der Waals surface area contributed by atoms with Crippen LogP contribution in [-0.4, -0.2) is 37.2 Å². The molecular formula is C22H25N3O3. The lowest BCUT2D eigenvalue weighted by molar-refractivity contribution is 0.0947. The van der Waals surface area contributed by atoms with Crippen LogP contribution in [0.2, 0.25) is 0 Å². The summed E-state index contributed by atoms with van der Waals surface area (Å²) < 4.78 is 10.7. The summed E-state index contributed by atoms with van der Waals surface area (Å²) in [7, 11) is 3.18. The molecule has 1 aromatic heterocycles. The molecule has 0 unspecified atom stereocenters. The van der Waals surface area contributed by atoms with E-state index in [9.17, 15) is 4.79 Å². The third-order valence-electron chi connectivity index (χ3n) is 4.34. The molecule has 146 valence electrons. The number of para-hydroxylation sites is 1. The molecule has 3 rings (SSSR count). The summed E-state index contributed by atoms with van der Waals surface area (Å²) in [6.45, 7) is 4.11. The molecule has 3 N–H and O–H groups in total. The first-order chi connectivity index (χ1) is 13.3. The number of amides is 1. The fourth-order valence-corrected chi connectivity index (χ4v) is 2.91. The summed E-state index contributed by atoms with van der Waals surface area (Å²) in [5.41, 5.74) is 8.31. The molecule has 3 aromatic rings. The lowest BCUT2D eigenvalue weighted by atomic mass is 10.0. The summed E-state index contributed by atoms with van der Waals surface area (Å²) in [4.78, 5) is 17.6. The van der Waals surface area contributed by atoms with Crippen molar-refractivity contribution in [2.75, 3.05) is 20.8 Å². The number of hydrogen-bond acceptors (Lipinski definition) is 5. The van der Waals surface area contributed by atoms with E-state index in [-0.39, 0.29) is 5.91 Å². The van der Waals surface area contributed by atoms with Gasteiger partial charge in [0, 0.05) is 23.0 Å². The molecule has 6 heteroatoms. The molecule has 0 spiro atoms. The summed E-state index contributed by atoms with van der Waals surface area (Å²) >= 11 is 0. The largest absolute Gasteiger partial charge is 0.493 e. The van der Waals surface area contributed by atoms with E-state index in [0.717, 1.165) is 16.5 Å². The van der Waals surface area contributed by atoms with Crippen LogP contribution in [0.5, 0.6) is 11.5 Å². The smallest absolute Gasteiger partial charge is 0.252 e. The minimum Gasteiger partial charge on any atom is -0.493 e. The van der Waals surface area contributed by atoms with Crippen molar-refractivity contribution >= 4 is 16.8 Å². The number of hydrogen-bond donors (Lipinski definition) is 2. The number of fused-ring (bicyclic) bond motifs is 1. The molecular weight excluding hydrogens is 354 g/mol. The molecule has 0 fully saturated rings. The second kappa shape index (κ2) is 7.86. The molecule has 1 heterocycles. The molecule has 0 saturated heterocycles. The lowest BCUT2D eigenvalue weighted by Gasteiger charge is -2.19. The Morgan fingerprint density at radius 2 is 1.79 bits per heavy atom. The third kappa shape index (κ3) is 4.23. The van der Waals surface area contributed by atoms with Gasteiger partial charge in [0.1, 0.15) is 0 Å². The Labute approximate surface area is 164 Å². The number of nitrogens with zero attached hydrogens (tertiary/aromatic N) is 1. The third-order valence-corrected chi connectivity index (χ3v) is 4.34. The lowest BCUT2D eigenvalue weighted by Crippen LogP contribution is -2.45. The van der Waals surface area contributed by atoms with E-state index in [1.54, 1.807) is 20.3 Å². The highest BCUT2D eigenvalue weighted by molar-refractivity contribution is 6.07. The minimum absolute atomic E-state index is 0.182. The average molecular weight is 379 g/mol. The molecule has 0 aliphatic heterocycles. The predicted octanol–water partition coefficient (Wildman–Crippen LogP) is 3.39. The maximum absolute atomic E-state index is 12.9. The number of pyridine rings is 1. The van der Waals surface area contributed by atoms with Crippen molar-refractivity contribution < 1.29 is 14.3 Å². The average Bonchev–Trinajstić information content (AvgIpc) is 2.70. The van der Waals surface area contributed by atoms with Crippen molar-refractivity contribution in [3.8, 4) is 22.8 Å². The summed E-state index contributed by atoms with van der Waals surface area (Å²) in [5.74, 6) is 1.06. The molecule has 0 saturated carbocycles. The van der Waals surface area contributed by atoms with Crippen LogP contribution >= 0.6 is 0 Å². The van der Waals surface area contributed by atoms with Gasteiger partial charge in [0.05, 0.1) is 31.0 Å². The van der Waals surface area contributed by atoms with Crippen LogP contribution in [0.1, 0.15) is 24.2 Å². The molecule has 0 aliphatic rings. The first-order valence-corrected chi connectivity index (χ1v) is 9.01. The van der Waals surface area contributed by atoms with Gasteiger partial charge >= 0.3 is 0 Å². The monoisotopic (exact) mass is 379 g/mol. The number of aromatic nitrogens is 1. The molecule has 0 aliphatic carbocycles. The van der Waals surface area contributed by atoms with Crippen LogP contribution in [0.4, 0.5) is 0 Å². The Hall–Kier alpha value is -3.12. The van der Waals surface area contributed by atoms with Crippen LogP contribution in [-0.2, 0) is 0 Å². The number of nitrogens with two attached hydrogens (primary N) is 1. The van der Waals surface area contributed by atoms with Gasteiger partial charge in [-0.2, -0.15) is 0 Å². The van der Waals surface area contributed by atoms with Crippen LogP contribution in [0.25, 0.3) is 22.2 Å². The van der Waals surface area contributed by atoms with E-state index in [1.807, 2.05) is 56.3 Å². The van der Waals surface area contributed by atoms with Crippen LogP contribution < -0.4 is 20.5 Å². The number of methoxy groups -OCH3 is 2. The number of carbonyl (C=O) groups is 1. The van der Waals surface area contributed by atoms with Gasteiger partial charge in [-0.05, 0) is 44.2 Å². The highest BCUT2D eigenvalue weighted by Crippen LogP contribution is 2.33. The molecule has 0 radical (unpaired) electrons. The Bertz CT molecular complexity index is 1010. The van der Waals surface area contributed by atoms with Crippen molar-refractivity contribution in [2.24, 2.45) is 5.73 Å². The number of benzene rings is 2. The summed E-state index contributed by atoms with van der Waals surface area (Å²) in [6, 6.07) is 14.9. The standard InChI is InChI=1S/C22H25N3O3/c1-22(2,23)13-24-21(26)16-12-18(25-17-8-6-5-7-15(16)17)14-9-10-19(27-3)20(11-14)28-4/h5-12H,13,23H2,1-4H3,(H,24,26). The zero-order valence-corrected chi connectivity index (χ0v) is 16.6. The fourth-order valence-electron chi connectivity index (χ4n) is 2.91. The highest BCUT2D eigenvalue weighted by atomic mass is 16.5. The van der Waals surface area contributed by atoms with Gasteiger partial charge in [0.2, 0.25) is 0 Å². The van der Waals surface area contributed by atoms with E-state index in [2.05, 4.69) is 5.32 Å². The minimum atomic E-state index is -0.495. The maximum atomic E-state index is 12.9. The van der Waals surface area contributed by atoms with E-state index < -0.39 is 5.54 Å². The van der Waals surface area contributed by atoms with Crippen molar-refractivity contribution in [1.82, 2.24) is 10.3 Å². The summed E-state index contributed by atoms with van der Waals surface area (Å²) in [6.07, 6.45) is 0. The van der Waals surface area contributed by atoms with E-state index in [1.165, 1.54) is 0 Å². The van der Waals surface area contributed by atoms with E-state index >= 15 is 0 Å². The number of ether oxygens (including phenoxy) is 2. The second-order valence-electron chi connectivity index (χ2n) is 7.31. The van der Waals surface area contributed by atoms with Gasteiger partial charge in [-0.3, -0.25) is 4.79 Å². The molecule has 0 bridgehead atoms. The van der Waals surface area contributed by atoms with Gasteiger partial charge in [-0.15, -0.1) is 0 Å². The van der Waals surface area contributed by atoms with Crippen molar-refractivity contribution in [3.63, 3.8) is 0 Å². The van der Waals surface area contributed by atoms with Crippen LogP contribution in [0, 0.1) is 0 Å². The highest BCUT2D eigenvalue weighted by Gasteiger charge is 2.17. The number of carbonyl (C=O) groups excluding carboxylic acids is 1. The van der Waals surface area contributed by atoms with Crippen molar-refractivity contribution in [3.05, 3.63) is 54.1 Å². The van der Waals surface area contributed by atoms with Crippen LogP contribution in [0.3, 0.4) is 0 Å². The van der Waals surface area contributed by atoms with Crippen molar-refractivity contribution in [1.29, 1.82) is 0 Å². The predicted molar refractivity (Wildman–Crippen MR) is 111 cm³/mol. The van der Waals surface area contributed by atoms with Crippen molar-refractivity contribution in [2.45, 2.75) is 19.4 Å². The fraction of sp³-hybridized carbons (Fsp3) is 0.273. The number of nitrogens with one attached hydrogen (secondary N) is 1. The molecule has 6 nitrogen and oxygen atoms in total. The molecule has 2 aromatic carbocycles. The van der Waals surface area contributed by atoms with E-state index in [4.69, 9.17) is 20.2 Å². The van der Waals surface area contributed by atoms with Gasteiger partial charge in [0.15, 0.2) is 11.5 Å². The van der Waals surface area contributed by atoms with Gasteiger partial charge in [-0.25, -0.2) is 4.98 Å². The Morgan fingerprint density at radius 1 is 1.07 bits per heavy atom. The second-order valence-corrected chi connectivity index (χ2v) is 7.31. The van der Waals surface area contributed by atoms with E-state index in [0.29, 0.717) is 29.3 Å². The number of rotatable bonds is 6. The zero-order valence-electron chi connectivity index (χ0n) is 16.6. The zero-order chi connectivity index (χ0) is 20.3. The molecule has 1 amide bonds.